The Labute approximate surface area is 137 Å². The van der Waals surface area contributed by atoms with Gasteiger partial charge in [0.15, 0.2) is 5.58 Å². The predicted molar refractivity (Wildman–Crippen MR) is 89.1 cm³/mol. The average molecular weight is 323 g/mol. The Bertz CT molecular complexity index is 848. The summed E-state index contributed by atoms with van der Waals surface area (Å²) >= 11 is 1.26. The summed E-state index contributed by atoms with van der Waals surface area (Å²) in [5.74, 6) is -0.151. The Kier molecular flexibility index (Phi) is 4.31. The molecule has 114 valence electrons. The maximum atomic E-state index is 12.2. The van der Waals surface area contributed by atoms with Gasteiger partial charge in [-0.25, -0.2) is 4.98 Å². The summed E-state index contributed by atoms with van der Waals surface area (Å²) in [4.78, 5) is 16.6. The summed E-state index contributed by atoms with van der Waals surface area (Å²) < 4.78 is 5.61. The molecular weight excluding hydrogens is 310 g/mol. The highest BCUT2D eigenvalue weighted by molar-refractivity contribution is 8.00. The fraction of sp³-hybridized carbons (Fsp3) is 0.118. The maximum absolute atomic E-state index is 12.2. The van der Waals surface area contributed by atoms with E-state index in [0.29, 0.717) is 22.1 Å². The van der Waals surface area contributed by atoms with Crippen molar-refractivity contribution in [3.8, 4) is 6.07 Å². The van der Waals surface area contributed by atoms with Crippen LogP contribution in [-0.4, -0.2) is 16.1 Å². The van der Waals surface area contributed by atoms with Gasteiger partial charge in [0.2, 0.25) is 5.91 Å². The summed E-state index contributed by atoms with van der Waals surface area (Å²) in [5, 5.41) is 11.7. The molecule has 1 heterocycles. The van der Waals surface area contributed by atoms with E-state index in [9.17, 15) is 4.79 Å². The van der Waals surface area contributed by atoms with Gasteiger partial charge in [0.1, 0.15) is 5.52 Å². The molecule has 0 unspecified atom stereocenters. The minimum atomic E-state index is -0.362. The summed E-state index contributed by atoms with van der Waals surface area (Å²) in [6.45, 7) is 1.79. The van der Waals surface area contributed by atoms with Crippen LogP contribution in [0, 0.1) is 11.3 Å². The molecule has 6 heteroatoms. The van der Waals surface area contributed by atoms with Crippen molar-refractivity contribution in [3.05, 3.63) is 54.1 Å². The van der Waals surface area contributed by atoms with Gasteiger partial charge in [0, 0.05) is 5.69 Å². The fourth-order valence-corrected chi connectivity index (χ4v) is 2.74. The third-order valence-corrected chi connectivity index (χ3v) is 4.15. The average Bonchev–Trinajstić information content (AvgIpc) is 2.97. The second-order valence-corrected chi connectivity index (χ2v) is 6.18. The minimum Gasteiger partial charge on any atom is -0.431 e. The third-order valence-electron chi connectivity index (χ3n) is 3.20. The lowest BCUT2D eigenvalue weighted by Crippen LogP contribution is -2.22. The van der Waals surface area contributed by atoms with Crippen molar-refractivity contribution in [2.24, 2.45) is 0 Å². The van der Waals surface area contributed by atoms with Crippen molar-refractivity contribution < 1.29 is 9.21 Å². The van der Waals surface area contributed by atoms with E-state index in [1.807, 2.05) is 30.3 Å². The Morgan fingerprint density at radius 1 is 1.26 bits per heavy atom. The van der Waals surface area contributed by atoms with Crippen LogP contribution in [0.3, 0.4) is 0 Å². The largest absolute Gasteiger partial charge is 0.431 e. The van der Waals surface area contributed by atoms with Crippen LogP contribution >= 0.6 is 11.8 Å². The summed E-state index contributed by atoms with van der Waals surface area (Å²) in [5.41, 5.74) is 2.68. The number of oxazole rings is 1. The number of nitrogens with zero attached hydrogens (tertiary/aromatic N) is 2. The smallest absolute Gasteiger partial charge is 0.257 e. The second kappa shape index (κ2) is 6.55. The molecule has 1 amide bonds. The molecule has 0 aliphatic rings. The van der Waals surface area contributed by atoms with Crippen LogP contribution in [0.1, 0.15) is 12.5 Å². The van der Waals surface area contributed by atoms with E-state index in [0.717, 1.165) is 5.52 Å². The number of rotatable bonds is 4. The zero-order chi connectivity index (χ0) is 16.2. The number of hydrogen-bond acceptors (Lipinski definition) is 5. The predicted octanol–water partition coefficient (Wildman–Crippen LogP) is 3.82. The second-order valence-electron chi connectivity index (χ2n) is 4.89. The van der Waals surface area contributed by atoms with Crippen molar-refractivity contribution in [1.29, 1.82) is 5.26 Å². The van der Waals surface area contributed by atoms with E-state index in [1.165, 1.54) is 11.8 Å². The number of nitrogens with one attached hydrogen (secondary N) is 1. The highest BCUT2D eigenvalue weighted by atomic mass is 32.2. The zero-order valence-electron chi connectivity index (χ0n) is 12.3. The highest BCUT2D eigenvalue weighted by Crippen LogP contribution is 2.27. The Morgan fingerprint density at radius 2 is 2.00 bits per heavy atom. The van der Waals surface area contributed by atoms with Gasteiger partial charge in [0.25, 0.3) is 5.22 Å². The standard InChI is InChI=1S/C17H13N3O2S/c1-11(16(21)19-13-8-6-12(10-18)7-9-13)23-17-20-14-4-2-3-5-15(14)22-17/h2-9,11H,1H3,(H,19,21)/t11-/m1/s1. The van der Waals surface area contributed by atoms with Gasteiger partial charge in [-0.2, -0.15) is 5.26 Å². The Morgan fingerprint density at radius 3 is 2.70 bits per heavy atom. The number of carbonyl (C=O) groups excluding carboxylic acids is 1. The molecule has 0 bridgehead atoms. The van der Waals surface area contributed by atoms with Crippen molar-refractivity contribution in [1.82, 2.24) is 4.98 Å². The molecule has 0 radical (unpaired) electrons. The lowest BCUT2D eigenvalue weighted by Gasteiger charge is -2.09. The van der Waals surface area contributed by atoms with Crippen molar-refractivity contribution in [3.63, 3.8) is 0 Å². The fourth-order valence-electron chi connectivity index (χ4n) is 1.98. The van der Waals surface area contributed by atoms with Crippen molar-refractivity contribution in [2.75, 3.05) is 5.32 Å². The molecule has 3 rings (SSSR count). The Balaban J connectivity index is 1.65. The van der Waals surface area contributed by atoms with Crippen LogP contribution in [-0.2, 0) is 4.79 Å². The number of fused-ring (bicyclic) bond motifs is 1. The van der Waals surface area contributed by atoms with Gasteiger partial charge in [-0.1, -0.05) is 23.9 Å². The molecule has 0 saturated carbocycles. The van der Waals surface area contributed by atoms with E-state index in [1.54, 1.807) is 31.2 Å². The Hall–Kier alpha value is -2.78. The molecule has 2 aromatic carbocycles. The first-order valence-corrected chi connectivity index (χ1v) is 7.87. The highest BCUT2D eigenvalue weighted by Gasteiger charge is 2.18. The minimum absolute atomic E-state index is 0.151. The zero-order valence-corrected chi connectivity index (χ0v) is 13.1. The van der Waals surface area contributed by atoms with Crippen LogP contribution in [0.15, 0.2) is 58.2 Å². The maximum Gasteiger partial charge on any atom is 0.257 e. The molecule has 3 aromatic rings. The molecule has 1 N–H and O–H groups in total. The lowest BCUT2D eigenvalue weighted by atomic mass is 10.2. The number of benzene rings is 2. The van der Waals surface area contributed by atoms with E-state index in [-0.39, 0.29) is 11.2 Å². The first kappa shape index (κ1) is 15.1. The molecule has 23 heavy (non-hydrogen) atoms. The van der Waals surface area contributed by atoms with Gasteiger partial charge >= 0.3 is 0 Å². The number of thioether (sulfide) groups is 1. The third kappa shape index (κ3) is 3.52. The number of anilines is 1. The summed E-state index contributed by atoms with van der Waals surface area (Å²) in [6.07, 6.45) is 0. The van der Waals surface area contributed by atoms with Crippen LogP contribution in [0.4, 0.5) is 5.69 Å². The van der Waals surface area contributed by atoms with E-state index in [2.05, 4.69) is 10.3 Å². The number of amides is 1. The van der Waals surface area contributed by atoms with Gasteiger partial charge in [-0.15, -0.1) is 0 Å². The van der Waals surface area contributed by atoms with Gasteiger partial charge < -0.3 is 9.73 Å². The van der Waals surface area contributed by atoms with E-state index in [4.69, 9.17) is 9.68 Å². The molecule has 0 saturated heterocycles. The van der Waals surface area contributed by atoms with E-state index < -0.39 is 0 Å². The molecule has 0 fully saturated rings. The first-order chi connectivity index (χ1) is 11.2. The molecule has 5 nitrogen and oxygen atoms in total. The topological polar surface area (TPSA) is 78.9 Å². The molecule has 0 aliphatic carbocycles. The quantitative estimate of drug-likeness (QED) is 0.738. The first-order valence-electron chi connectivity index (χ1n) is 6.99. The van der Waals surface area contributed by atoms with Crippen LogP contribution in [0.25, 0.3) is 11.1 Å². The van der Waals surface area contributed by atoms with Gasteiger partial charge in [-0.3, -0.25) is 4.79 Å². The van der Waals surface area contributed by atoms with Crippen molar-refractivity contribution in [2.45, 2.75) is 17.4 Å². The molecule has 0 aliphatic heterocycles. The summed E-state index contributed by atoms with van der Waals surface area (Å²) in [7, 11) is 0. The SMILES string of the molecule is C[C@@H](Sc1nc2ccccc2o1)C(=O)Nc1ccc(C#N)cc1. The number of para-hydroxylation sites is 2. The van der Waals surface area contributed by atoms with Crippen LogP contribution in [0.2, 0.25) is 0 Å². The normalized spacial score (nSPS) is 11.8. The number of hydrogen-bond donors (Lipinski definition) is 1. The lowest BCUT2D eigenvalue weighted by molar-refractivity contribution is -0.115. The molecule has 1 atom stereocenters. The number of carbonyl (C=O) groups is 1. The summed E-state index contributed by atoms with van der Waals surface area (Å²) in [6, 6.07) is 16.2. The monoisotopic (exact) mass is 323 g/mol. The van der Waals surface area contributed by atoms with Crippen LogP contribution in [0.5, 0.6) is 0 Å². The number of aromatic nitrogens is 1. The van der Waals surface area contributed by atoms with Crippen LogP contribution < -0.4 is 5.32 Å². The van der Waals surface area contributed by atoms with Gasteiger partial charge in [-0.05, 0) is 43.3 Å². The molecule has 0 spiro atoms. The molecular formula is C17H13N3O2S. The van der Waals surface area contributed by atoms with E-state index >= 15 is 0 Å². The van der Waals surface area contributed by atoms with Gasteiger partial charge in [0.05, 0.1) is 16.9 Å². The van der Waals surface area contributed by atoms with Crippen molar-refractivity contribution >= 4 is 34.5 Å². The molecule has 1 aromatic heterocycles. The number of nitriles is 1.